The monoisotopic (exact) mass is 713 g/mol. The van der Waals surface area contributed by atoms with E-state index in [1.54, 1.807) is 43.3 Å². The van der Waals surface area contributed by atoms with Crippen molar-refractivity contribution >= 4 is 51.6 Å². The Kier molecular flexibility index (Phi) is 8.44. The molecule has 3 aliphatic rings. The van der Waals surface area contributed by atoms with Crippen LogP contribution in [-0.4, -0.2) is 58.1 Å². The Morgan fingerprint density at radius 1 is 1.10 bits per heavy atom. The van der Waals surface area contributed by atoms with E-state index in [1.807, 2.05) is 61.0 Å². The molecule has 4 heterocycles. The Balaban J connectivity index is 0.00000392. The number of amides is 2. The smallest absolute Gasteiger partial charge is 0.253 e. The van der Waals surface area contributed by atoms with Gasteiger partial charge in [-0.2, -0.15) is 5.10 Å². The average Bonchev–Trinajstić information content (AvgIpc) is 3.76. The van der Waals surface area contributed by atoms with Gasteiger partial charge >= 0.3 is 0 Å². The van der Waals surface area contributed by atoms with Crippen LogP contribution in [0.3, 0.4) is 0 Å². The number of aryl methyl sites for hydroxylation is 1. The summed E-state index contributed by atoms with van der Waals surface area (Å²) in [5, 5.41) is 9.64. The normalized spacial score (nSPS) is 21.9. The molecule has 0 bridgehead atoms. The molecule has 50 heavy (non-hydrogen) atoms. The van der Waals surface area contributed by atoms with Gasteiger partial charge < -0.3 is 15.0 Å². The second kappa shape index (κ2) is 12.4. The fraction of sp³-hybridized carbons (Fsp3) is 0.308. The molecule has 1 N–H and O–H groups in total. The lowest BCUT2D eigenvalue weighted by molar-refractivity contribution is -0.128. The largest absolute Gasteiger partial charge is 0.494 e. The van der Waals surface area contributed by atoms with Crippen molar-refractivity contribution < 1.29 is 18.7 Å². The fourth-order valence-corrected chi connectivity index (χ4v) is 8.81. The number of carbonyl (C=O) groups excluding carboxylic acids is 2. The van der Waals surface area contributed by atoms with Gasteiger partial charge in [0.05, 0.1) is 23.2 Å². The van der Waals surface area contributed by atoms with Crippen LogP contribution in [0, 0.1) is 12.7 Å². The number of carbonyl (C=O) groups is 2. The first-order valence-corrected chi connectivity index (χ1v) is 17.1. The van der Waals surface area contributed by atoms with Crippen LogP contribution in [-0.2, 0) is 23.3 Å². The van der Waals surface area contributed by atoms with E-state index in [1.165, 1.54) is 6.07 Å². The molecule has 1 saturated heterocycles. The van der Waals surface area contributed by atoms with Crippen molar-refractivity contribution in [2.45, 2.75) is 57.8 Å². The van der Waals surface area contributed by atoms with Gasteiger partial charge in [-0.1, -0.05) is 61.0 Å². The quantitative estimate of drug-likeness (QED) is 0.192. The summed E-state index contributed by atoms with van der Waals surface area (Å²) >= 11 is 12.9. The predicted molar refractivity (Wildman–Crippen MR) is 195 cm³/mol. The zero-order valence-electron chi connectivity index (χ0n) is 27.4. The van der Waals surface area contributed by atoms with E-state index >= 15 is 4.39 Å². The zero-order chi connectivity index (χ0) is 34.4. The molecule has 2 amide bonds. The molecule has 11 heteroatoms. The molecule has 8 rings (SSSR count). The number of fused-ring (bicyclic) bond motifs is 7. The third kappa shape index (κ3) is 4.85. The Hall–Kier alpha value is -4.44. The number of halogens is 3. The minimum Gasteiger partial charge on any atom is -0.494 e. The Morgan fingerprint density at radius 3 is 2.64 bits per heavy atom. The predicted octanol–water partition coefficient (Wildman–Crippen LogP) is 8.14. The lowest BCUT2D eigenvalue weighted by Crippen LogP contribution is -2.52. The number of nitrogens with one attached hydrogen (secondary N) is 1. The van der Waals surface area contributed by atoms with Crippen LogP contribution in [0.25, 0.3) is 10.9 Å². The minimum atomic E-state index is -1.35. The zero-order valence-corrected chi connectivity index (χ0v) is 28.9. The Morgan fingerprint density at radius 2 is 1.88 bits per heavy atom. The number of anilines is 1. The van der Waals surface area contributed by atoms with Crippen molar-refractivity contribution in [2.75, 3.05) is 26.0 Å². The second-order valence-electron chi connectivity index (χ2n) is 13.3. The van der Waals surface area contributed by atoms with Gasteiger partial charge in [0.1, 0.15) is 17.1 Å². The van der Waals surface area contributed by atoms with E-state index in [0.29, 0.717) is 46.9 Å². The van der Waals surface area contributed by atoms with Gasteiger partial charge in [-0.05, 0) is 73.0 Å². The van der Waals surface area contributed by atoms with Gasteiger partial charge in [-0.15, -0.1) is 0 Å². The van der Waals surface area contributed by atoms with E-state index in [4.69, 9.17) is 33.0 Å². The van der Waals surface area contributed by atoms with Gasteiger partial charge in [0.2, 0.25) is 5.91 Å². The third-order valence-corrected chi connectivity index (χ3v) is 10.9. The lowest BCUT2D eigenvalue weighted by Gasteiger charge is -2.40. The summed E-state index contributed by atoms with van der Waals surface area (Å²) in [6.07, 6.45) is 0.545. The van der Waals surface area contributed by atoms with Crippen LogP contribution >= 0.6 is 23.2 Å². The van der Waals surface area contributed by atoms with Crippen LogP contribution in [0.1, 0.15) is 64.6 Å². The maximum atomic E-state index is 16.5. The van der Waals surface area contributed by atoms with Crippen molar-refractivity contribution in [1.82, 2.24) is 19.6 Å². The highest BCUT2D eigenvalue weighted by atomic mass is 35.5. The van der Waals surface area contributed by atoms with Crippen LogP contribution < -0.4 is 10.1 Å². The number of likely N-dealkylation sites (tertiary alicyclic amines) is 1. The molecule has 0 unspecified atom stereocenters. The molecule has 4 atom stereocenters. The maximum absolute atomic E-state index is 16.5. The second-order valence-corrected chi connectivity index (χ2v) is 14.1. The van der Waals surface area contributed by atoms with Crippen LogP contribution in [0.5, 0.6) is 5.75 Å². The molecule has 1 fully saturated rings. The molecule has 0 aliphatic carbocycles. The highest BCUT2D eigenvalue weighted by molar-refractivity contribution is 6.31. The average molecular weight is 715 g/mol. The molecule has 4 aromatic carbocycles. The molecule has 1 spiro atoms. The maximum Gasteiger partial charge on any atom is 0.253 e. The molecule has 1 aromatic heterocycles. The molecule has 258 valence electrons. The number of rotatable bonds is 6. The molecule has 0 saturated carbocycles. The fourth-order valence-electron chi connectivity index (χ4n) is 8.45. The van der Waals surface area contributed by atoms with Crippen molar-refractivity contribution in [1.29, 1.82) is 0 Å². The van der Waals surface area contributed by atoms with Crippen LogP contribution in [0.15, 0.2) is 72.8 Å². The summed E-state index contributed by atoms with van der Waals surface area (Å²) in [4.78, 5) is 31.7. The number of benzene rings is 4. The van der Waals surface area contributed by atoms with Crippen molar-refractivity contribution in [3.63, 3.8) is 0 Å². The number of ether oxygens (including phenoxy) is 1. The Labute approximate surface area is 300 Å². The van der Waals surface area contributed by atoms with Gasteiger partial charge in [0.25, 0.3) is 5.91 Å². The van der Waals surface area contributed by atoms with Crippen molar-refractivity contribution in [3.05, 3.63) is 122 Å². The van der Waals surface area contributed by atoms with Crippen molar-refractivity contribution in [2.24, 2.45) is 0 Å². The molecular weight excluding hydrogens is 676 g/mol. The highest BCUT2D eigenvalue weighted by Gasteiger charge is 2.69. The molecule has 5 aromatic rings. The molecule has 0 radical (unpaired) electrons. The van der Waals surface area contributed by atoms with Crippen molar-refractivity contribution in [3.8, 4) is 5.75 Å². The van der Waals surface area contributed by atoms with Gasteiger partial charge in [0.15, 0.2) is 0 Å². The van der Waals surface area contributed by atoms with E-state index in [2.05, 4.69) is 10.2 Å². The van der Waals surface area contributed by atoms with Gasteiger partial charge in [0, 0.05) is 71.9 Å². The standard InChI is InChI=1S/C38H34Cl2FN5O3.CH4/c1-5-49-23-9-6-8-21(15-23)19-45-32-18-31-26-14-20(2)25(36(47)44(3)4)17-29(26)43-46(31)35(32)33(24-10-7-11-28(40)34(24)41)38(45)27-13-12-22(39)16-30(27)42-37(38)48;/h6-17,32-33,35H,5,18-19H2,1-4H3,(H,42,48);1H4/t32-,33-,35+,38+;/m0./s1. The summed E-state index contributed by atoms with van der Waals surface area (Å²) in [5.74, 6) is -0.954. The number of nitrogens with zero attached hydrogens (tertiary/aromatic N) is 4. The summed E-state index contributed by atoms with van der Waals surface area (Å²) in [6.45, 7) is 4.76. The first kappa shape index (κ1) is 34.0. The number of aromatic nitrogens is 2. The lowest BCUT2D eigenvalue weighted by atomic mass is 9.73. The summed E-state index contributed by atoms with van der Waals surface area (Å²) < 4.78 is 24.3. The van der Waals surface area contributed by atoms with Crippen LogP contribution in [0.2, 0.25) is 10.0 Å². The van der Waals surface area contributed by atoms with Gasteiger partial charge in [-0.25, -0.2) is 4.39 Å². The van der Waals surface area contributed by atoms with Gasteiger partial charge in [-0.3, -0.25) is 19.2 Å². The van der Waals surface area contributed by atoms with E-state index in [9.17, 15) is 9.59 Å². The highest BCUT2D eigenvalue weighted by Crippen LogP contribution is 2.64. The molecular formula is C39H38Cl2FN5O3. The molecule has 3 aliphatic heterocycles. The topological polar surface area (TPSA) is 79.7 Å². The molecule has 8 nitrogen and oxygen atoms in total. The number of hydrogen-bond acceptors (Lipinski definition) is 5. The first-order valence-electron chi connectivity index (χ1n) is 16.3. The third-order valence-electron chi connectivity index (χ3n) is 10.4. The van der Waals surface area contributed by atoms with Crippen LogP contribution in [0.4, 0.5) is 10.1 Å². The minimum absolute atomic E-state index is 0. The first-order chi connectivity index (χ1) is 23.5. The number of hydrogen-bond donors (Lipinski definition) is 1. The SMILES string of the molecule is C.CCOc1cccc(CN2[C@H]3Cc4c5cc(C)c(C(=O)N(C)C)cc5nn4[C@H]3[C@H](c3cccc(Cl)c3F)[C@]23C(=O)Nc2cc(Cl)ccc23)c1. The Bertz CT molecular complexity index is 2200. The van der Waals surface area contributed by atoms with E-state index in [-0.39, 0.29) is 30.3 Å². The van der Waals surface area contributed by atoms with E-state index < -0.39 is 23.3 Å². The summed E-state index contributed by atoms with van der Waals surface area (Å²) in [5.41, 5.74) is 4.31. The summed E-state index contributed by atoms with van der Waals surface area (Å²) in [7, 11) is 3.45. The van der Waals surface area contributed by atoms with E-state index in [0.717, 1.165) is 33.5 Å². The summed E-state index contributed by atoms with van der Waals surface area (Å²) in [6, 6.07) is 21.4.